The van der Waals surface area contributed by atoms with Crippen molar-refractivity contribution >= 4 is 0 Å². The van der Waals surface area contributed by atoms with Gasteiger partial charge < -0.3 is 5.73 Å². The summed E-state index contributed by atoms with van der Waals surface area (Å²) in [5, 5.41) is 0. The Hall–Kier alpha value is -0.180. The lowest BCUT2D eigenvalue weighted by Gasteiger charge is -1.91. The van der Waals surface area contributed by atoms with Crippen LogP contribution in [0.15, 0.2) is 0 Å². The second kappa shape index (κ2) is 3.03. The van der Waals surface area contributed by atoms with Crippen molar-refractivity contribution in [2.75, 3.05) is 13.2 Å². The first kappa shape index (κ1) is 5.82. The zero-order valence-electron chi connectivity index (χ0n) is 3.32. The summed E-state index contributed by atoms with van der Waals surface area (Å²) in [7, 11) is 0. The van der Waals surface area contributed by atoms with Crippen molar-refractivity contribution in [2.45, 2.75) is 6.17 Å². The Morgan fingerprint density at radius 1 is 1.67 bits per heavy atom. The molecule has 0 unspecified atom stereocenters. The van der Waals surface area contributed by atoms with Crippen molar-refractivity contribution in [2.24, 2.45) is 5.73 Å². The molecule has 3 heteroatoms. The third-order valence-electron chi connectivity index (χ3n) is 0.423. The lowest BCUT2D eigenvalue weighted by molar-refractivity contribution is 0.268. The van der Waals surface area contributed by atoms with E-state index in [0.29, 0.717) is 0 Å². The van der Waals surface area contributed by atoms with Crippen molar-refractivity contribution < 1.29 is 8.78 Å². The molecule has 1 atom stereocenters. The number of hydrogen-bond acceptors (Lipinski definition) is 1. The van der Waals surface area contributed by atoms with Crippen molar-refractivity contribution in [3.63, 3.8) is 0 Å². The van der Waals surface area contributed by atoms with Crippen LogP contribution in [0, 0.1) is 0 Å². The average Bonchev–Trinajstić information content (AvgIpc) is 1.65. The van der Waals surface area contributed by atoms with Crippen LogP contribution in [0.1, 0.15) is 0 Å². The molecule has 0 fully saturated rings. The third-order valence-corrected chi connectivity index (χ3v) is 0.423. The van der Waals surface area contributed by atoms with Crippen LogP contribution in [0.4, 0.5) is 8.78 Å². The fourth-order valence-corrected chi connectivity index (χ4v) is 0.0630. The van der Waals surface area contributed by atoms with E-state index >= 15 is 0 Å². The molecule has 6 heavy (non-hydrogen) atoms. The molecule has 0 radical (unpaired) electrons. The molecule has 1 nitrogen and oxygen atoms in total. The van der Waals surface area contributed by atoms with Gasteiger partial charge in [0.25, 0.3) is 0 Å². The molecular weight excluding hydrogens is 88.0 g/mol. The third kappa shape index (κ3) is 2.08. The van der Waals surface area contributed by atoms with E-state index in [2.05, 4.69) is 5.73 Å². The maximum atomic E-state index is 11.4. The van der Waals surface area contributed by atoms with E-state index in [0.717, 1.165) is 0 Å². The number of rotatable bonds is 2. The first-order valence-corrected chi connectivity index (χ1v) is 1.71. The minimum atomic E-state index is -1.45. The van der Waals surface area contributed by atoms with Crippen LogP contribution in [-0.4, -0.2) is 19.4 Å². The van der Waals surface area contributed by atoms with Crippen LogP contribution in [0.3, 0.4) is 0 Å². The Labute approximate surface area is 35.1 Å². The van der Waals surface area contributed by atoms with E-state index in [1.54, 1.807) is 0 Å². The summed E-state index contributed by atoms with van der Waals surface area (Å²) >= 11 is 0. The number of hydrogen-bond donors (Lipinski definition) is 1. The molecular formula is C3H7F2N. The molecule has 0 aliphatic rings. The van der Waals surface area contributed by atoms with Gasteiger partial charge in [0.05, 0.1) is 0 Å². The largest absolute Gasteiger partial charge is 0.328 e. The maximum Gasteiger partial charge on any atom is 0.140 e. The van der Waals surface area contributed by atoms with Gasteiger partial charge in [-0.25, -0.2) is 8.78 Å². The van der Waals surface area contributed by atoms with Crippen molar-refractivity contribution in [1.82, 2.24) is 0 Å². The van der Waals surface area contributed by atoms with Gasteiger partial charge in [-0.3, -0.25) is 0 Å². The van der Waals surface area contributed by atoms with Crippen LogP contribution < -0.4 is 5.73 Å². The monoisotopic (exact) mass is 95.1 g/mol. The highest BCUT2D eigenvalue weighted by Gasteiger charge is 1.97. The summed E-state index contributed by atoms with van der Waals surface area (Å²) in [4.78, 5) is 0. The second-order valence-corrected chi connectivity index (χ2v) is 0.987. The minimum Gasteiger partial charge on any atom is -0.328 e. The topological polar surface area (TPSA) is 26.0 Å². The van der Waals surface area contributed by atoms with E-state index in [-0.39, 0.29) is 6.54 Å². The molecule has 2 N–H and O–H groups in total. The Balaban J connectivity index is 2.75. The average molecular weight is 95.1 g/mol. The van der Waals surface area contributed by atoms with Crippen molar-refractivity contribution in [1.29, 1.82) is 0 Å². The molecule has 0 aromatic heterocycles. The first-order valence-electron chi connectivity index (χ1n) is 1.71. The van der Waals surface area contributed by atoms with Gasteiger partial charge >= 0.3 is 0 Å². The highest BCUT2D eigenvalue weighted by Crippen LogP contribution is 1.84. The molecule has 0 amide bonds. The molecule has 0 spiro atoms. The van der Waals surface area contributed by atoms with E-state index in [1.807, 2.05) is 0 Å². The van der Waals surface area contributed by atoms with Crippen LogP contribution in [0.25, 0.3) is 0 Å². The van der Waals surface area contributed by atoms with Gasteiger partial charge in [-0.1, -0.05) is 0 Å². The highest BCUT2D eigenvalue weighted by atomic mass is 19.2. The summed E-state index contributed by atoms with van der Waals surface area (Å²) in [6.45, 7) is -1.17. The second-order valence-electron chi connectivity index (χ2n) is 0.987. The summed E-state index contributed by atoms with van der Waals surface area (Å²) in [6, 6.07) is 0. The fourth-order valence-electron chi connectivity index (χ4n) is 0.0630. The first-order chi connectivity index (χ1) is 2.81. The van der Waals surface area contributed by atoms with E-state index in [9.17, 15) is 8.78 Å². The van der Waals surface area contributed by atoms with Gasteiger partial charge in [0.2, 0.25) is 0 Å². The molecule has 0 aliphatic carbocycles. The predicted octanol–water partition coefficient (Wildman–Crippen LogP) is 0.253. The molecule has 0 saturated heterocycles. The Kier molecular flexibility index (Phi) is 2.94. The molecule has 0 aromatic carbocycles. The van der Waals surface area contributed by atoms with Crippen molar-refractivity contribution in [3.8, 4) is 0 Å². The van der Waals surface area contributed by atoms with E-state index < -0.39 is 12.8 Å². The minimum absolute atomic E-state index is 0.212. The predicted molar refractivity (Wildman–Crippen MR) is 19.9 cm³/mol. The van der Waals surface area contributed by atoms with Crippen LogP contribution in [0.5, 0.6) is 0 Å². The number of halogens is 2. The summed E-state index contributed by atoms with van der Waals surface area (Å²) in [5.41, 5.74) is 4.67. The number of alkyl halides is 2. The van der Waals surface area contributed by atoms with Gasteiger partial charge in [0.15, 0.2) is 0 Å². The maximum absolute atomic E-state index is 11.4. The molecule has 0 saturated carbocycles. The van der Waals surface area contributed by atoms with Gasteiger partial charge in [-0.05, 0) is 0 Å². The molecule has 0 bridgehead atoms. The Bertz CT molecular complexity index is 28.0. The lowest BCUT2D eigenvalue weighted by Crippen LogP contribution is -2.16. The van der Waals surface area contributed by atoms with Gasteiger partial charge in [-0.2, -0.15) is 0 Å². The molecule has 0 aromatic rings. The fraction of sp³-hybridized carbons (Fsp3) is 1.00. The lowest BCUT2D eigenvalue weighted by atomic mass is 10.4. The normalized spacial score (nSPS) is 14.5. The zero-order valence-corrected chi connectivity index (χ0v) is 3.32. The zero-order chi connectivity index (χ0) is 4.99. The summed E-state index contributed by atoms with van der Waals surface area (Å²) in [5.74, 6) is 0. The summed E-state index contributed by atoms with van der Waals surface area (Å²) < 4.78 is 22.3. The standard InChI is InChI=1S/C3H7F2N/c4-1-3(5)2-6/h3H,1-2,6H2/t3-/m0/s1. The Morgan fingerprint density at radius 3 is 2.17 bits per heavy atom. The van der Waals surface area contributed by atoms with Gasteiger partial charge in [0, 0.05) is 6.54 Å². The van der Waals surface area contributed by atoms with E-state index in [1.165, 1.54) is 0 Å². The van der Waals surface area contributed by atoms with Crippen LogP contribution >= 0.6 is 0 Å². The van der Waals surface area contributed by atoms with Crippen LogP contribution in [0.2, 0.25) is 0 Å². The molecule has 0 aliphatic heterocycles. The molecule has 0 heterocycles. The highest BCUT2D eigenvalue weighted by molar-refractivity contribution is 4.49. The van der Waals surface area contributed by atoms with Crippen LogP contribution in [-0.2, 0) is 0 Å². The molecule has 0 rings (SSSR count). The SMILES string of the molecule is NC[C@@H](F)CF. The van der Waals surface area contributed by atoms with Crippen molar-refractivity contribution in [3.05, 3.63) is 0 Å². The molecule has 38 valence electrons. The van der Waals surface area contributed by atoms with Gasteiger partial charge in [-0.15, -0.1) is 0 Å². The van der Waals surface area contributed by atoms with E-state index in [4.69, 9.17) is 0 Å². The Morgan fingerprint density at radius 2 is 2.17 bits per heavy atom. The summed E-state index contributed by atoms with van der Waals surface area (Å²) in [6.07, 6.45) is -1.45. The quantitative estimate of drug-likeness (QED) is 0.522. The smallest absolute Gasteiger partial charge is 0.140 e. The number of nitrogens with two attached hydrogens (primary N) is 1. The van der Waals surface area contributed by atoms with Gasteiger partial charge in [0.1, 0.15) is 12.8 Å².